The molecule has 0 radical (unpaired) electrons. The quantitative estimate of drug-likeness (QED) is 0.879. The average molecular weight is 273 g/mol. The van der Waals surface area contributed by atoms with Gasteiger partial charge in [-0.2, -0.15) is 5.10 Å². The van der Waals surface area contributed by atoms with E-state index in [-0.39, 0.29) is 6.04 Å². The third kappa shape index (κ3) is 3.02. The molecule has 1 unspecified atom stereocenters. The molecule has 2 aromatic rings. The van der Waals surface area contributed by atoms with Gasteiger partial charge in [-0.25, -0.2) is 0 Å². The molecule has 1 heterocycles. The highest BCUT2D eigenvalue weighted by Gasteiger charge is 2.13. The maximum atomic E-state index is 5.37. The van der Waals surface area contributed by atoms with E-state index in [2.05, 4.69) is 37.3 Å². The molecule has 0 aliphatic carbocycles. The predicted octanol–water partition coefficient (Wildman–Crippen LogP) is 3.07. The number of methoxy groups -OCH3 is 1. The molecule has 1 aromatic carbocycles. The highest BCUT2D eigenvalue weighted by molar-refractivity contribution is 5.33. The van der Waals surface area contributed by atoms with E-state index in [1.165, 1.54) is 16.8 Å². The molecule has 0 spiro atoms. The third-order valence-electron chi connectivity index (χ3n) is 3.70. The minimum atomic E-state index is 0.264. The fourth-order valence-corrected chi connectivity index (χ4v) is 2.43. The normalized spacial score (nSPS) is 12.4. The van der Waals surface area contributed by atoms with Gasteiger partial charge in [0, 0.05) is 36.0 Å². The largest absolute Gasteiger partial charge is 0.496 e. The van der Waals surface area contributed by atoms with Crippen molar-refractivity contribution in [3.8, 4) is 5.75 Å². The van der Waals surface area contributed by atoms with E-state index >= 15 is 0 Å². The van der Waals surface area contributed by atoms with Crippen molar-refractivity contribution in [2.45, 2.75) is 39.9 Å². The van der Waals surface area contributed by atoms with E-state index < -0.39 is 0 Å². The molecule has 1 atom stereocenters. The van der Waals surface area contributed by atoms with Crippen LogP contribution in [-0.2, 0) is 13.1 Å². The second-order valence-corrected chi connectivity index (χ2v) is 4.92. The van der Waals surface area contributed by atoms with Gasteiger partial charge in [0.1, 0.15) is 5.75 Å². The van der Waals surface area contributed by atoms with Crippen molar-refractivity contribution in [3.05, 3.63) is 47.3 Å². The Kier molecular flexibility index (Phi) is 4.79. The molecule has 2 rings (SSSR count). The summed E-state index contributed by atoms with van der Waals surface area (Å²) in [6, 6.07) is 8.36. The molecule has 0 aliphatic heterocycles. The van der Waals surface area contributed by atoms with E-state index in [9.17, 15) is 0 Å². The lowest BCUT2D eigenvalue weighted by molar-refractivity contribution is 0.406. The fourth-order valence-electron chi connectivity index (χ4n) is 2.43. The maximum absolute atomic E-state index is 5.37. The standard InChI is InChI=1S/C16H23N3O/c1-5-19-13(3)15(11-18-19)12(2)17-10-14-8-6-7-9-16(14)20-4/h6-9,11-12,17H,5,10H2,1-4H3. The van der Waals surface area contributed by atoms with Crippen LogP contribution in [0, 0.1) is 6.92 Å². The summed E-state index contributed by atoms with van der Waals surface area (Å²) in [5.41, 5.74) is 3.65. The minimum absolute atomic E-state index is 0.264. The molecule has 1 aromatic heterocycles. The Labute approximate surface area is 120 Å². The average Bonchev–Trinajstić information content (AvgIpc) is 2.86. The first kappa shape index (κ1) is 14.6. The Balaban J connectivity index is 2.04. The van der Waals surface area contributed by atoms with Crippen LogP contribution in [0.15, 0.2) is 30.5 Å². The van der Waals surface area contributed by atoms with Crippen LogP contribution in [0.4, 0.5) is 0 Å². The summed E-state index contributed by atoms with van der Waals surface area (Å²) in [5.74, 6) is 0.924. The number of aryl methyl sites for hydroxylation is 1. The van der Waals surface area contributed by atoms with Crippen molar-refractivity contribution in [2.75, 3.05) is 7.11 Å². The number of hydrogen-bond donors (Lipinski definition) is 1. The van der Waals surface area contributed by atoms with Gasteiger partial charge in [-0.1, -0.05) is 18.2 Å². The van der Waals surface area contributed by atoms with E-state index in [4.69, 9.17) is 4.74 Å². The Hall–Kier alpha value is -1.81. The van der Waals surface area contributed by atoms with Crippen LogP contribution >= 0.6 is 0 Å². The van der Waals surface area contributed by atoms with Gasteiger partial charge in [-0.05, 0) is 26.8 Å². The summed E-state index contributed by atoms with van der Waals surface area (Å²) >= 11 is 0. The molecule has 4 heteroatoms. The summed E-state index contributed by atoms with van der Waals surface area (Å²) in [6.07, 6.45) is 1.96. The topological polar surface area (TPSA) is 39.1 Å². The van der Waals surface area contributed by atoms with Gasteiger partial charge in [0.2, 0.25) is 0 Å². The Bertz CT molecular complexity index is 563. The van der Waals surface area contributed by atoms with Gasteiger partial charge < -0.3 is 10.1 Å². The monoisotopic (exact) mass is 273 g/mol. The van der Waals surface area contributed by atoms with Crippen LogP contribution in [0.5, 0.6) is 5.75 Å². The Morgan fingerprint density at radius 2 is 2.10 bits per heavy atom. The van der Waals surface area contributed by atoms with E-state index in [0.29, 0.717) is 0 Å². The predicted molar refractivity (Wildman–Crippen MR) is 80.9 cm³/mol. The van der Waals surface area contributed by atoms with Gasteiger partial charge in [-0.3, -0.25) is 4.68 Å². The van der Waals surface area contributed by atoms with Gasteiger partial charge in [0.15, 0.2) is 0 Å². The summed E-state index contributed by atoms with van der Waals surface area (Å²) in [6.45, 7) is 8.08. The van der Waals surface area contributed by atoms with Crippen LogP contribution in [0.25, 0.3) is 0 Å². The third-order valence-corrected chi connectivity index (χ3v) is 3.70. The lowest BCUT2D eigenvalue weighted by atomic mass is 10.1. The van der Waals surface area contributed by atoms with Crippen molar-refractivity contribution in [3.63, 3.8) is 0 Å². The molecule has 0 saturated heterocycles. The van der Waals surface area contributed by atoms with Crippen LogP contribution < -0.4 is 10.1 Å². The van der Waals surface area contributed by atoms with Crippen LogP contribution in [0.3, 0.4) is 0 Å². The molecule has 0 bridgehead atoms. The molecule has 1 N–H and O–H groups in total. The summed E-state index contributed by atoms with van der Waals surface area (Å²) in [7, 11) is 1.71. The molecular formula is C16H23N3O. The maximum Gasteiger partial charge on any atom is 0.123 e. The molecule has 20 heavy (non-hydrogen) atoms. The smallest absolute Gasteiger partial charge is 0.123 e. The minimum Gasteiger partial charge on any atom is -0.496 e. The SMILES string of the molecule is CCn1ncc(C(C)NCc2ccccc2OC)c1C. The van der Waals surface area contributed by atoms with Crippen molar-refractivity contribution in [1.29, 1.82) is 0 Å². The zero-order valence-corrected chi connectivity index (χ0v) is 12.7. The van der Waals surface area contributed by atoms with Gasteiger partial charge in [0.05, 0.1) is 13.3 Å². The van der Waals surface area contributed by atoms with Crippen molar-refractivity contribution in [2.24, 2.45) is 0 Å². The van der Waals surface area contributed by atoms with Gasteiger partial charge in [-0.15, -0.1) is 0 Å². The molecular weight excluding hydrogens is 250 g/mol. The van der Waals surface area contributed by atoms with Crippen LogP contribution in [0.2, 0.25) is 0 Å². The second-order valence-electron chi connectivity index (χ2n) is 4.92. The summed E-state index contributed by atoms with van der Waals surface area (Å²) in [4.78, 5) is 0. The van der Waals surface area contributed by atoms with E-state index in [0.717, 1.165) is 18.8 Å². The van der Waals surface area contributed by atoms with Crippen molar-refractivity contribution < 1.29 is 4.74 Å². The van der Waals surface area contributed by atoms with Gasteiger partial charge >= 0.3 is 0 Å². The lowest BCUT2D eigenvalue weighted by Crippen LogP contribution is -2.19. The molecule has 0 aliphatic rings. The van der Waals surface area contributed by atoms with E-state index in [1.807, 2.05) is 29.1 Å². The van der Waals surface area contributed by atoms with Gasteiger partial charge in [0.25, 0.3) is 0 Å². The number of para-hydroxylation sites is 1. The van der Waals surface area contributed by atoms with E-state index in [1.54, 1.807) is 7.11 Å². The zero-order chi connectivity index (χ0) is 14.5. The zero-order valence-electron chi connectivity index (χ0n) is 12.7. The van der Waals surface area contributed by atoms with Crippen molar-refractivity contribution in [1.82, 2.24) is 15.1 Å². The fraction of sp³-hybridized carbons (Fsp3) is 0.438. The first-order chi connectivity index (χ1) is 9.67. The first-order valence-electron chi connectivity index (χ1n) is 7.05. The number of ether oxygens (including phenoxy) is 1. The lowest BCUT2D eigenvalue weighted by Gasteiger charge is -2.15. The molecule has 0 fully saturated rings. The molecule has 108 valence electrons. The number of benzene rings is 1. The summed E-state index contributed by atoms with van der Waals surface area (Å²) < 4.78 is 7.40. The summed E-state index contributed by atoms with van der Waals surface area (Å²) in [5, 5.41) is 7.93. The molecule has 4 nitrogen and oxygen atoms in total. The molecule has 0 amide bonds. The number of hydrogen-bond acceptors (Lipinski definition) is 3. The number of nitrogens with one attached hydrogen (secondary N) is 1. The Morgan fingerprint density at radius 3 is 2.75 bits per heavy atom. The Morgan fingerprint density at radius 1 is 1.35 bits per heavy atom. The number of nitrogens with zero attached hydrogens (tertiary/aromatic N) is 2. The molecule has 0 saturated carbocycles. The number of rotatable bonds is 6. The van der Waals surface area contributed by atoms with Crippen LogP contribution in [-0.4, -0.2) is 16.9 Å². The number of aromatic nitrogens is 2. The van der Waals surface area contributed by atoms with Crippen LogP contribution in [0.1, 0.15) is 36.7 Å². The van der Waals surface area contributed by atoms with Crippen molar-refractivity contribution >= 4 is 0 Å². The second kappa shape index (κ2) is 6.57. The first-order valence-corrected chi connectivity index (χ1v) is 7.05. The highest BCUT2D eigenvalue weighted by atomic mass is 16.5. The highest BCUT2D eigenvalue weighted by Crippen LogP contribution is 2.20.